The molecule has 6 nitrogen and oxygen atoms in total. The number of ketones is 1. The Balaban J connectivity index is 1.35. The van der Waals surface area contributed by atoms with Crippen molar-refractivity contribution in [3.05, 3.63) is 140 Å². The SMILES string of the molecule is Cc1cc(C)c(C2=C(c3c(C)cc(C)cc3C)N3C=CC(=CC=C4C=CC5=C(CCC(C)[N+]5(C)OS(=O)(=O)C(F)(F)F)C4)C=C3C2=O)c(C)c1. The third-order valence-electron chi connectivity index (χ3n) is 10.2. The van der Waals surface area contributed by atoms with Crippen molar-refractivity contribution in [3.63, 3.8) is 0 Å². The molecule has 3 heterocycles. The van der Waals surface area contributed by atoms with E-state index < -0.39 is 26.3 Å². The van der Waals surface area contributed by atoms with E-state index in [4.69, 9.17) is 4.28 Å². The Hall–Kier alpha value is -4.25. The maximum absolute atomic E-state index is 14.5. The van der Waals surface area contributed by atoms with Crippen LogP contribution in [0.4, 0.5) is 13.2 Å². The lowest BCUT2D eigenvalue weighted by molar-refractivity contribution is -1.05. The highest BCUT2D eigenvalue weighted by atomic mass is 32.2. The number of halogens is 3. The number of benzene rings is 2. The van der Waals surface area contributed by atoms with Crippen molar-refractivity contribution in [3.8, 4) is 0 Å². The van der Waals surface area contributed by atoms with E-state index in [1.54, 1.807) is 19.1 Å². The number of nitrogens with zero attached hydrogens (tertiary/aromatic N) is 2. The molecule has 0 N–H and O–H groups in total. The number of fused-ring (bicyclic) bond motifs is 1. The summed E-state index contributed by atoms with van der Waals surface area (Å²) < 4.78 is 67.9. The van der Waals surface area contributed by atoms with Gasteiger partial charge in [0.15, 0.2) is 5.70 Å². The number of rotatable bonds is 5. The molecule has 0 aromatic heterocycles. The maximum Gasteiger partial charge on any atom is 0.528 e. The molecule has 10 heteroatoms. The molecule has 2 unspecified atom stereocenters. The van der Waals surface area contributed by atoms with Crippen LogP contribution in [0.5, 0.6) is 0 Å². The number of Topliss-reactive ketones (excluding diaryl/α,β-unsaturated/α-hetero) is 1. The lowest BCUT2D eigenvalue weighted by Gasteiger charge is -2.41. The number of hydrogen-bond acceptors (Lipinski definition) is 5. The quantitative estimate of drug-likeness (QED) is 0.230. The summed E-state index contributed by atoms with van der Waals surface area (Å²) in [4.78, 5) is 16.5. The molecule has 0 saturated carbocycles. The van der Waals surface area contributed by atoms with Crippen LogP contribution >= 0.6 is 0 Å². The van der Waals surface area contributed by atoms with Crippen LogP contribution in [0.25, 0.3) is 11.3 Å². The van der Waals surface area contributed by atoms with Gasteiger partial charge in [-0.05, 0) is 118 Å². The van der Waals surface area contributed by atoms with E-state index in [0.717, 1.165) is 66.9 Å². The van der Waals surface area contributed by atoms with Gasteiger partial charge >= 0.3 is 15.6 Å². The molecule has 6 rings (SSSR count). The number of likely N-dealkylation sites (N-methyl/N-ethyl adjacent to an activating group) is 1. The Labute approximate surface area is 292 Å². The molecular formula is C40H42F3N2O4S+. The third-order valence-corrected chi connectivity index (χ3v) is 11.3. The first-order valence-corrected chi connectivity index (χ1v) is 18.1. The van der Waals surface area contributed by atoms with Crippen molar-refractivity contribution in [2.24, 2.45) is 0 Å². The molecule has 4 aliphatic rings. The smallest absolute Gasteiger partial charge is 0.312 e. The summed E-state index contributed by atoms with van der Waals surface area (Å²) in [6.45, 7) is 14.1. The van der Waals surface area contributed by atoms with Crippen LogP contribution < -0.4 is 0 Å². The molecule has 0 amide bonds. The monoisotopic (exact) mass is 703 g/mol. The molecule has 50 heavy (non-hydrogen) atoms. The van der Waals surface area contributed by atoms with Crippen molar-refractivity contribution < 1.29 is 35.3 Å². The number of hydrogen-bond donors (Lipinski definition) is 0. The number of aryl methyl sites for hydroxylation is 6. The van der Waals surface area contributed by atoms with Crippen LogP contribution in [0.1, 0.15) is 70.7 Å². The minimum atomic E-state index is -5.82. The molecule has 1 aliphatic carbocycles. The Morgan fingerprint density at radius 1 is 0.880 bits per heavy atom. The molecule has 0 spiro atoms. The van der Waals surface area contributed by atoms with E-state index in [1.807, 2.05) is 35.4 Å². The van der Waals surface area contributed by atoms with E-state index in [9.17, 15) is 26.4 Å². The number of carbonyl (C=O) groups is 1. The van der Waals surface area contributed by atoms with Crippen molar-refractivity contribution in [2.45, 2.75) is 79.3 Å². The molecular weight excluding hydrogens is 662 g/mol. The molecule has 0 saturated heterocycles. The number of allylic oxidation sites excluding steroid dienone is 10. The normalized spacial score (nSPS) is 24.1. The summed E-state index contributed by atoms with van der Waals surface area (Å²) in [5, 5.41) is 0. The predicted molar refractivity (Wildman–Crippen MR) is 190 cm³/mol. The fourth-order valence-electron chi connectivity index (χ4n) is 7.87. The van der Waals surface area contributed by atoms with Gasteiger partial charge in [0.2, 0.25) is 5.78 Å². The van der Waals surface area contributed by atoms with Gasteiger partial charge in [-0.15, -0.1) is 4.65 Å². The van der Waals surface area contributed by atoms with Gasteiger partial charge in [-0.1, -0.05) is 57.9 Å². The summed E-state index contributed by atoms with van der Waals surface area (Å²) in [5.41, 5.74) is 8.12. The van der Waals surface area contributed by atoms with Crippen molar-refractivity contribution in [1.29, 1.82) is 0 Å². The molecule has 0 radical (unpaired) electrons. The Kier molecular flexibility index (Phi) is 8.90. The zero-order valence-electron chi connectivity index (χ0n) is 29.6. The van der Waals surface area contributed by atoms with Crippen LogP contribution in [0.3, 0.4) is 0 Å². The Morgan fingerprint density at radius 2 is 1.46 bits per heavy atom. The van der Waals surface area contributed by atoms with E-state index in [0.29, 0.717) is 36.2 Å². The molecule has 0 fully saturated rings. The number of alkyl halides is 3. The first kappa shape index (κ1) is 35.6. The van der Waals surface area contributed by atoms with Gasteiger partial charge in [0.1, 0.15) is 13.1 Å². The maximum atomic E-state index is 14.5. The van der Waals surface area contributed by atoms with Gasteiger partial charge in [0, 0.05) is 24.3 Å². The van der Waals surface area contributed by atoms with Crippen molar-refractivity contribution in [2.75, 3.05) is 7.05 Å². The predicted octanol–water partition coefficient (Wildman–Crippen LogP) is 9.18. The number of carbonyl (C=O) groups excluding carboxylic acids is 1. The number of hydroxylamine groups is 3. The summed E-state index contributed by atoms with van der Waals surface area (Å²) in [5.74, 6) is -0.0492. The summed E-state index contributed by atoms with van der Waals surface area (Å²) in [6, 6.07) is 8.02. The second-order valence-electron chi connectivity index (χ2n) is 14.1. The standard InChI is InChI=1S/C40H42F3N2O4S/c1-23-17-25(3)35(26(4)18-23)37-38(36-27(5)19-24(2)20-28(36)6)44-16-15-31(22-33(44)39(37)46)11-10-30-12-14-34-32(21-30)13-9-29(7)45(34,8)49-50(47,48)40(41,42)43/h10-12,14-20,22,29H,9,13,21H2,1-8H3/q+1. The Morgan fingerprint density at radius 3 is 2.04 bits per heavy atom. The van der Waals surface area contributed by atoms with Gasteiger partial charge in [0.25, 0.3) is 0 Å². The zero-order chi connectivity index (χ0) is 36.5. The van der Waals surface area contributed by atoms with Crippen LogP contribution in [0, 0.1) is 41.5 Å². The lowest BCUT2D eigenvalue weighted by Crippen LogP contribution is -2.54. The molecule has 3 aliphatic heterocycles. The fourth-order valence-corrected chi connectivity index (χ4v) is 8.59. The molecule has 2 atom stereocenters. The Bertz CT molecular complexity index is 2130. The molecule has 262 valence electrons. The topological polar surface area (TPSA) is 63.7 Å². The zero-order valence-corrected chi connectivity index (χ0v) is 30.4. The summed E-state index contributed by atoms with van der Waals surface area (Å²) >= 11 is 0. The second kappa shape index (κ2) is 12.5. The van der Waals surface area contributed by atoms with Crippen LogP contribution in [0.15, 0.2) is 95.0 Å². The van der Waals surface area contributed by atoms with Gasteiger partial charge in [0.05, 0.1) is 17.0 Å². The summed E-state index contributed by atoms with van der Waals surface area (Å²) in [7, 11) is -4.45. The summed E-state index contributed by atoms with van der Waals surface area (Å²) in [6.07, 6.45) is 14.6. The van der Waals surface area contributed by atoms with Gasteiger partial charge in [-0.3, -0.25) is 4.79 Å². The first-order valence-electron chi connectivity index (χ1n) is 16.7. The van der Waals surface area contributed by atoms with Crippen LogP contribution in [-0.4, -0.2) is 42.3 Å². The van der Waals surface area contributed by atoms with Crippen molar-refractivity contribution >= 4 is 27.2 Å². The minimum absolute atomic E-state index is 0.0492. The van der Waals surface area contributed by atoms with Gasteiger partial charge < -0.3 is 4.90 Å². The first-order chi connectivity index (χ1) is 23.3. The van der Waals surface area contributed by atoms with Gasteiger partial charge in [-0.25, -0.2) is 0 Å². The minimum Gasteiger partial charge on any atom is -0.312 e. The molecule has 2 aromatic carbocycles. The third kappa shape index (κ3) is 6.07. The van der Waals surface area contributed by atoms with E-state index in [2.05, 4.69) is 65.8 Å². The highest BCUT2D eigenvalue weighted by Crippen LogP contribution is 2.47. The van der Waals surface area contributed by atoms with E-state index in [1.165, 1.54) is 7.05 Å². The second-order valence-corrected chi connectivity index (χ2v) is 15.6. The van der Waals surface area contributed by atoms with E-state index >= 15 is 0 Å². The average molecular weight is 704 g/mol. The average Bonchev–Trinajstić information content (AvgIpc) is 3.27. The van der Waals surface area contributed by atoms with Crippen molar-refractivity contribution in [1.82, 2.24) is 4.90 Å². The van der Waals surface area contributed by atoms with Crippen LogP contribution in [-0.2, 0) is 19.2 Å². The van der Waals surface area contributed by atoms with E-state index in [-0.39, 0.29) is 5.78 Å². The lowest BCUT2D eigenvalue weighted by atomic mass is 9.87. The number of quaternary nitrogens is 1. The highest BCUT2D eigenvalue weighted by molar-refractivity contribution is 7.87. The van der Waals surface area contributed by atoms with Crippen LogP contribution in [0.2, 0.25) is 0 Å². The fraction of sp³-hybridized carbons (Fsp3) is 0.325. The molecule has 2 aromatic rings. The molecule has 0 bridgehead atoms. The highest BCUT2D eigenvalue weighted by Gasteiger charge is 2.56. The largest absolute Gasteiger partial charge is 0.528 e. The van der Waals surface area contributed by atoms with Gasteiger partial charge in [-0.2, -0.15) is 21.6 Å².